The lowest BCUT2D eigenvalue weighted by Crippen LogP contribution is -2.03. The summed E-state index contributed by atoms with van der Waals surface area (Å²) in [4.78, 5) is 3.99. The number of aromatic nitrogens is 1. The fraction of sp³-hybridized carbons (Fsp3) is 0.182. The normalized spacial score (nSPS) is 12.7. The van der Waals surface area contributed by atoms with E-state index in [2.05, 4.69) is 4.98 Å². The van der Waals surface area contributed by atoms with E-state index in [0.717, 1.165) is 0 Å². The summed E-state index contributed by atoms with van der Waals surface area (Å²) in [7, 11) is 0. The van der Waals surface area contributed by atoms with Gasteiger partial charge in [0.15, 0.2) is 0 Å². The molecule has 0 saturated carbocycles. The van der Waals surface area contributed by atoms with Crippen LogP contribution in [-0.2, 0) is 6.42 Å². The molecule has 2 rings (SSSR count). The summed E-state index contributed by atoms with van der Waals surface area (Å²) in [6.45, 7) is 0. The van der Waals surface area contributed by atoms with Crippen molar-refractivity contribution in [1.82, 2.24) is 4.98 Å². The fourth-order valence-corrected chi connectivity index (χ4v) is 1.96. The summed E-state index contributed by atoms with van der Waals surface area (Å²) < 4.78 is 13.3. The topological polar surface area (TPSA) is 33.1 Å². The van der Waals surface area contributed by atoms with Gasteiger partial charge in [-0.05, 0) is 11.6 Å². The maximum Gasteiger partial charge on any atom is 0.126 e. The molecular formula is C11H10FNOS. The summed E-state index contributed by atoms with van der Waals surface area (Å²) in [6, 6.07) is 6.45. The lowest BCUT2D eigenvalue weighted by Gasteiger charge is -2.08. The van der Waals surface area contributed by atoms with Crippen LogP contribution < -0.4 is 0 Å². The smallest absolute Gasteiger partial charge is 0.126 e. The molecule has 0 bridgehead atoms. The number of thiazole rings is 1. The number of aliphatic hydroxyl groups excluding tert-OH is 1. The van der Waals surface area contributed by atoms with E-state index in [4.69, 9.17) is 0 Å². The fourth-order valence-electron chi connectivity index (χ4n) is 1.36. The Balaban J connectivity index is 2.13. The van der Waals surface area contributed by atoms with Crippen molar-refractivity contribution in [2.75, 3.05) is 0 Å². The van der Waals surface area contributed by atoms with Gasteiger partial charge in [0, 0.05) is 11.8 Å². The molecule has 0 aliphatic heterocycles. The Morgan fingerprint density at radius 2 is 2.20 bits per heavy atom. The summed E-state index contributed by atoms with van der Waals surface area (Å²) in [5.74, 6) is -0.285. The molecule has 4 heteroatoms. The third-order valence-electron chi connectivity index (χ3n) is 2.16. The van der Waals surface area contributed by atoms with Gasteiger partial charge >= 0.3 is 0 Å². The Labute approximate surface area is 91.0 Å². The van der Waals surface area contributed by atoms with Crippen LogP contribution in [0.1, 0.15) is 17.4 Å². The van der Waals surface area contributed by atoms with Gasteiger partial charge in [-0.15, -0.1) is 11.3 Å². The standard InChI is InChI=1S/C11H10FNOS/c12-9-4-2-1-3-8(9)5-11(14)10-6-15-7-13-10/h1-4,6-7,11,14H,5H2. The van der Waals surface area contributed by atoms with Gasteiger partial charge in [-0.3, -0.25) is 0 Å². The van der Waals surface area contributed by atoms with E-state index in [1.165, 1.54) is 17.4 Å². The average molecular weight is 223 g/mol. The molecule has 0 amide bonds. The Bertz CT molecular complexity index is 430. The molecule has 0 aliphatic rings. The van der Waals surface area contributed by atoms with Gasteiger partial charge in [0.05, 0.1) is 11.2 Å². The summed E-state index contributed by atoms with van der Waals surface area (Å²) in [6.07, 6.45) is -0.468. The highest BCUT2D eigenvalue weighted by molar-refractivity contribution is 7.07. The van der Waals surface area contributed by atoms with Gasteiger partial charge in [0.1, 0.15) is 11.9 Å². The minimum Gasteiger partial charge on any atom is -0.386 e. The highest BCUT2D eigenvalue weighted by atomic mass is 32.1. The first-order valence-corrected chi connectivity index (χ1v) is 5.51. The SMILES string of the molecule is OC(Cc1ccccc1F)c1cscn1. The second kappa shape index (κ2) is 4.51. The van der Waals surface area contributed by atoms with Crippen molar-refractivity contribution in [3.05, 3.63) is 52.2 Å². The molecule has 1 unspecified atom stereocenters. The van der Waals surface area contributed by atoms with Crippen LogP contribution in [-0.4, -0.2) is 10.1 Å². The number of aliphatic hydroxyl groups is 1. The molecule has 2 aromatic rings. The quantitative estimate of drug-likeness (QED) is 0.867. The average Bonchev–Trinajstić information content (AvgIpc) is 2.74. The minimum atomic E-state index is -0.729. The van der Waals surface area contributed by atoms with Gasteiger partial charge < -0.3 is 5.11 Å². The van der Waals surface area contributed by atoms with E-state index >= 15 is 0 Å². The molecule has 0 fully saturated rings. The molecule has 15 heavy (non-hydrogen) atoms. The maximum absolute atomic E-state index is 13.3. The second-order valence-electron chi connectivity index (χ2n) is 3.22. The molecule has 78 valence electrons. The Hall–Kier alpha value is -1.26. The van der Waals surface area contributed by atoms with E-state index in [1.807, 2.05) is 0 Å². The number of hydrogen-bond acceptors (Lipinski definition) is 3. The first kappa shape index (κ1) is 10.3. The number of benzene rings is 1. The van der Waals surface area contributed by atoms with Crippen LogP contribution in [0, 0.1) is 5.82 Å². The molecule has 0 saturated heterocycles. The van der Waals surface area contributed by atoms with E-state index < -0.39 is 6.10 Å². The molecule has 1 N–H and O–H groups in total. The summed E-state index contributed by atoms with van der Waals surface area (Å²) >= 11 is 1.42. The number of nitrogens with zero attached hydrogens (tertiary/aromatic N) is 1. The number of rotatable bonds is 3. The van der Waals surface area contributed by atoms with E-state index in [9.17, 15) is 9.50 Å². The van der Waals surface area contributed by atoms with Crippen molar-refractivity contribution in [3.8, 4) is 0 Å². The predicted octanol–water partition coefficient (Wildman–Crippen LogP) is 2.56. The van der Waals surface area contributed by atoms with Gasteiger partial charge in [0.25, 0.3) is 0 Å². The molecule has 1 heterocycles. The van der Waals surface area contributed by atoms with Gasteiger partial charge in [-0.2, -0.15) is 0 Å². The molecule has 2 nitrogen and oxygen atoms in total. The van der Waals surface area contributed by atoms with Crippen molar-refractivity contribution >= 4 is 11.3 Å². The van der Waals surface area contributed by atoms with Crippen molar-refractivity contribution in [2.45, 2.75) is 12.5 Å². The highest BCUT2D eigenvalue weighted by Crippen LogP contribution is 2.19. The zero-order chi connectivity index (χ0) is 10.7. The summed E-state index contributed by atoms with van der Waals surface area (Å²) in [5, 5.41) is 11.5. The van der Waals surface area contributed by atoms with Crippen molar-refractivity contribution in [1.29, 1.82) is 0 Å². The Morgan fingerprint density at radius 3 is 2.87 bits per heavy atom. The second-order valence-corrected chi connectivity index (χ2v) is 3.94. The minimum absolute atomic E-state index is 0.260. The molecule has 1 aromatic heterocycles. The Morgan fingerprint density at radius 1 is 1.40 bits per heavy atom. The van der Waals surface area contributed by atoms with Crippen LogP contribution in [0.15, 0.2) is 35.2 Å². The van der Waals surface area contributed by atoms with Crippen molar-refractivity contribution in [2.24, 2.45) is 0 Å². The van der Waals surface area contributed by atoms with Gasteiger partial charge in [-0.1, -0.05) is 18.2 Å². The summed E-state index contributed by atoms with van der Waals surface area (Å²) in [5.41, 5.74) is 2.76. The first-order valence-electron chi connectivity index (χ1n) is 4.57. The maximum atomic E-state index is 13.3. The van der Waals surface area contributed by atoms with Crippen LogP contribution in [0.25, 0.3) is 0 Å². The van der Waals surface area contributed by atoms with E-state index in [0.29, 0.717) is 11.3 Å². The molecule has 0 aliphatic carbocycles. The lowest BCUT2D eigenvalue weighted by atomic mass is 10.1. The molecule has 1 atom stereocenters. The first-order chi connectivity index (χ1) is 7.27. The monoisotopic (exact) mass is 223 g/mol. The van der Waals surface area contributed by atoms with E-state index in [1.54, 1.807) is 29.1 Å². The zero-order valence-corrected chi connectivity index (χ0v) is 8.75. The number of halogens is 1. The van der Waals surface area contributed by atoms with E-state index in [-0.39, 0.29) is 12.2 Å². The molecule has 0 radical (unpaired) electrons. The Kier molecular flexibility index (Phi) is 3.08. The van der Waals surface area contributed by atoms with Gasteiger partial charge in [0.2, 0.25) is 0 Å². The number of hydrogen-bond donors (Lipinski definition) is 1. The molecule has 1 aromatic carbocycles. The van der Waals surface area contributed by atoms with Crippen LogP contribution in [0.2, 0.25) is 0 Å². The molecule has 0 spiro atoms. The third-order valence-corrected chi connectivity index (χ3v) is 2.77. The van der Waals surface area contributed by atoms with Crippen molar-refractivity contribution < 1.29 is 9.50 Å². The highest BCUT2D eigenvalue weighted by Gasteiger charge is 2.12. The predicted molar refractivity (Wildman–Crippen MR) is 57.2 cm³/mol. The van der Waals surface area contributed by atoms with Crippen LogP contribution in [0.3, 0.4) is 0 Å². The van der Waals surface area contributed by atoms with Crippen LogP contribution in [0.4, 0.5) is 4.39 Å². The molecular weight excluding hydrogens is 213 g/mol. The van der Waals surface area contributed by atoms with Crippen LogP contribution >= 0.6 is 11.3 Å². The largest absolute Gasteiger partial charge is 0.386 e. The van der Waals surface area contributed by atoms with Crippen LogP contribution in [0.5, 0.6) is 0 Å². The third kappa shape index (κ3) is 2.40. The zero-order valence-electron chi connectivity index (χ0n) is 7.93. The van der Waals surface area contributed by atoms with Crippen molar-refractivity contribution in [3.63, 3.8) is 0 Å². The van der Waals surface area contributed by atoms with Gasteiger partial charge in [-0.25, -0.2) is 9.37 Å². The lowest BCUT2D eigenvalue weighted by molar-refractivity contribution is 0.173.